The summed E-state index contributed by atoms with van der Waals surface area (Å²) in [5, 5.41) is 0. The number of amides is 1. The molecule has 98 valence electrons. The SMILES string of the molecule is CC(C)(C)N1CCN(C(=O)[C@H]2C[C@H](N)C2)CC1. The van der Waals surface area contributed by atoms with Crippen LogP contribution in [0.25, 0.3) is 0 Å². The van der Waals surface area contributed by atoms with Gasteiger partial charge in [0, 0.05) is 43.7 Å². The highest BCUT2D eigenvalue weighted by Crippen LogP contribution is 2.28. The number of carbonyl (C=O) groups excluding carboxylic acids is 1. The van der Waals surface area contributed by atoms with E-state index in [2.05, 4.69) is 25.7 Å². The Morgan fingerprint density at radius 3 is 2.06 bits per heavy atom. The van der Waals surface area contributed by atoms with Crippen LogP contribution in [0.5, 0.6) is 0 Å². The molecule has 0 spiro atoms. The first-order chi connectivity index (χ1) is 7.88. The molecule has 2 N–H and O–H groups in total. The quantitative estimate of drug-likeness (QED) is 0.731. The molecule has 1 aliphatic carbocycles. The average Bonchev–Trinajstić information content (AvgIpc) is 2.23. The van der Waals surface area contributed by atoms with E-state index in [0.29, 0.717) is 5.91 Å². The van der Waals surface area contributed by atoms with Crippen LogP contribution < -0.4 is 5.73 Å². The molecule has 1 aliphatic heterocycles. The van der Waals surface area contributed by atoms with Crippen molar-refractivity contribution in [1.29, 1.82) is 0 Å². The second kappa shape index (κ2) is 4.58. The van der Waals surface area contributed by atoms with E-state index in [1.807, 2.05) is 4.90 Å². The number of hydrogen-bond donors (Lipinski definition) is 1. The molecule has 1 saturated carbocycles. The van der Waals surface area contributed by atoms with Crippen molar-refractivity contribution in [3.05, 3.63) is 0 Å². The molecule has 0 unspecified atom stereocenters. The first kappa shape index (κ1) is 12.8. The lowest BCUT2D eigenvalue weighted by atomic mass is 9.80. The number of piperazine rings is 1. The van der Waals surface area contributed by atoms with E-state index < -0.39 is 0 Å². The van der Waals surface area contributed by atoms with Gasteiger partial charge in [0.2, 0.25) is 5.91 Å². The highest BCUT2D eigenvalue weighted by molar-refractivity contribution is 5.80. The number of hydrogen-bond acceptors (Lipinski definition) is 3. The monoisotopic (exact) mass is 239 g/mol. The number of rotatable bonds is 1. The first-order valence-corrected chi connectivity index (χ1v) is 6.67. The third kappa shape index (κ3) is 2.80. The fourth-order valence-corrected chi connectivity index (χ4v) is 2.72. The fraction of sp³-hybridized carbons (Fsp3) is 0.923. The summed E-state index contributed by atoms with van der Waals surface area (Å²) < 4.78 is 0. The molecule has 17 heavy (non-hydrogen) atoms. The van der Waals surface area contributed by atoms with Gasteiger partial charge < -0.3 is 10.6 Å². The van der Waals surface area contributed by atoms with Gasteiger partial charge in [0.15, 0.2) is 0 Å². The summed E-state index contributed by atoms with van der Waals surface area (Å²) in [5.41, 5.74) is 5.95. The Balaban J connectivity index is 1.81. The van der Waals surface area contributed by atoms with E-state index in [0.717, 1.165) is 39.0 Å². The van der Waals surface area contributed by atoms with Crippen LogP contribution in [0.2, 0.25) is 0 Å². The Morgan fingerprint density at radius 1 is 1.12 bits per heavy atom. The van der Waals surface area contributed by atoms with Crippen molar-refractivity contribution >= 4 is 5.91 Å². The van der Waals surface area contributed by atoms with E-state index >= 15 is 0 Å². The van der Waals surface area contributed by atoms with E-state index in [1.54, 1.807) is 0 Å². The van der Waals surface area contributed by atoms with Crippen molar-refractivity contribution in [3.8, 4) is 0 Å². The van der Waals surface area contributed by atoms with Gasteiger partial charge in [-0.25, -0.2) is 0 Å². The Kier molecular flexibility index (Phi) is 3.46. The van der Waals surface area contributed by atoms with E-state index in [4.69, 9.17) is 5.73 Å². The second-order valence-corrected chi connectivity index (χ2v) is 6.41. The lowest BCUT2D eigenvalue weighted by Crippen LogP contribution is -2.57. The standard InChI is InChI=1S/C13H25N3O/c1-13(2,3)16-6-4-15(5-7-16)12(17)10-8-11(14)9-10/h10-11H,4-9,14H2,1-3H3/t10-,11-. The summed E-state index contributed by atoms with van der Waals surface area (Å²) in [7, 11) is 0. The van der Waals surface area contributed by atoms with Crippen LogP contribution in [0.3, 0.4) is 0 Å². The molecule has 4 heteroatoms. The Labute approximate surface area is 104 Å². The van der Waals surface area contributed by atoms with Crippen molar-refractivity contribution in [2.75, 3.05) is 26.2 Å². The topological polar surface area (TPSA) is 49.6 Å². The van der Waals surface area contributed by atoms with Crippen molar-refractivity contribution in [2.45, 2.75) is 45.2 Å². The molecule has 0 aromatic carbocycles. The highest BCUT2D eigenvalue weighted by Gasteiger charge is 2.36. The predicted octanol–water partition coefficient (Wildman–Crippen LogP) is 0.666. The molecule has 1 heterocycles. The minimum atomic E-state index is 0.214. The van der Waals surface area contributed by atoms with E-state index in [-0.39, 0.29) is 17.5 Å². The number of nitrogens with two attached hydrogens (primary N) is 1. The van der Waals surface area contributed by atoms with Gasteiger partial charge in [-0.1, -0.05) is 0 Å². The van der Waals surface area contributed by atoms with Gasteiger partial charge in [0.05, 0.1) is 0 Å². The van der Waals surface area contributed by atoms with Gasteiger partial charge in [0.1, 0.15) is 0 Å². The largest absolute Gasteiger partial charge is 0.340 e. The van der Waals surface area contributed by atoms with Crippen LogP contribution in [-0.4, -0.2) is 53.5 Å². The molecule has 2 fully saturated rings. The van der Waals surface area contributed by atoms with Crippen molar-refractivity contribution in [2.24, 2.45) is 11.7 Å². The van der Waals surface area contributed by atoms with Crippen molar-refractivity contribution < 1.29 is 4.79 Å². The molecule has 1 amide bonds. The van der Waals surface area contributed by atoms with Crippen molar-refractivity contribution in [1.82, 2.24) is 9.80 Å². The van der Waals surface area contributed by atoms with E-state index in [1.165, 1.54) is 0 Å². The first-order valence-electron chi connectivity index (χ1n) is 6.67. The third-order valence-electron chi connectivity index (χ3n) is 4.06. The van der Waals surface area contributed by atoms with Gasteiger partial charge >= 0.3 is 0 Å². The van der Waals surface area contributed by atoms with Crippen LogP contribution in [0, 0.1) is 5.92 Å². The molecule has 0 atom stereocenters. The summed E-state index contributed by atoms with van der Waals surface area (Å²) in [6, 6.07) is 0.264. The van der Waals surface area contributed by atoms with Gasteiger partial charge in [-0.05, 0) is 33.6 Å². The van der Waals surface area contributed by atoms with Gasteiger partial charge in [-0.15, -0.1) is 0 Å². The molecule has 1 saturated heterocycles. The van der Waals surface area contributed by atoms with Crippen LogP contribution in [0.1, 0.15) is 33.6 Å². The summed E-state index contributed by atoms with van der Waals surface area (Å²) in [6.45, 7) is 10.4. The minimum Gasteiger partial charge on any atom is -0.340 e. The molecule has 2 rings (SSSR count). The molecule has 0 aromatic heterocycles. The van der Waals surface area contributed by atoms with E-state index in [9.17, 15) is 4.79 Å². The molecular weight excluding hydrogens is 214 g/mol. The zero-order valence-electron chi connectivity index (χ0n) is 11.3. The zero-order valence-corrected chi connectivity index (χ0v) is 11.3. The maximum Gasteiger partial charge on any atom is 0.225 e. The fourth-order valence-electron chi connectivity index (χ4n) is 2.72. The normalized spacial score (nSPS) is 31.2. The summed E-state index contributed by atoms with van der Waals surface area (Å²) >= 11 is 0. The molecule has 2 aliphatic rings. The van der Waals surface area contributed by atoms with Gasteiger partial charge in [-0.2, -0.15) is 0 Å². The molecule has 0 aromatic rings. The summed E-state index contributed by atoms with van der Waals surface area (Å²) in [4.78, 5) is 16.6. The Hall–Kier alpha value is -0.610. The molecule has 0 bridgehead atoms. The molecular formula is C13H25N3O. The smallest absolute Gasteiger partial charge is 0.225 e. The van der Waals surface area contributed by atoms with Gasteiger partial charge in [-0.3, -0.25) is 9.69 Å². The Bertz CT molecular complexity index is 284. The summed E-state index contributed by atoms with van der Waals surface area (Å²) in [5.74, 6) is 0.548. The van der Waals surface area contributed by atoms with Crippen LogP contribution >= 0.6 is 0 Å². The maximum absolute atomic E-state index is 12.1. The van der Waals surface area contributed by atoms with Crippen LogP contribution in [0.15, 0.2) is 0 Å². The average molecular weight is 239 g/mol. The minimum absolute atomic E-state index is 0.214. The van der Waals surface area contributed by atoms with Crippen LogP contribution in [0.4, 0.5) is 0 Å². The lowest BCUT2D eigenvalue weighted by Gasteiger charge is -2.44. The summed E-state index contributed by atoms with van der Waals surface area (Å²) in [6.07, 6.45) is 1.77. The number of carbonyl (C=O) groups is 1. The van der Waals surface area contributed by atoms with Crippen LogP contribution in [-0.2, 0) is 4.79 Å². The molecule has 4 nitrogen and oxygen atoms in total. The van der Waals surface area contributed by atoms with Crippen molar-refractivity contribution in [3.63, 3.8) is 0 Å². The highest BCUT2D eigenvalue weighted by atomic mass is 16.2. The Morgan fingerprint density at radius 2 is 1.65 bits per heavy atom. The second-order valence-electron chi connectivity index (χ2n) is 6.41. The number of nitrogens with zero attached hydrogens (tertiary/aromatic N) is 2. The maximum atomic E-state index is 12.1. The van der Waals surface area contributed by atoms with Gasteiger partial charge in [0.25, 0.3) is 0 Å². The zero-order chi connectivity index (χ0) is 12.6. The lowest BCUT2D eigenvalue weighted by molar-refractivity contribution is -0.141. The predicted molar refractivity (Wildman–Crippen MR) is 68.6 cm³/mol. The molecule has 0 radical (unpaired) electrons. The third-order valence-corrected chi connectivity index (χ3v) is 4.06.